The van der Waals surface area contributed by atoms with E-state index in [1.807, 2.05) is 25.1 Å². The molecule has 0 unspecified atom stereocenters. The number of hydrogen-bond acceptors (Lipinski definition) is 7. The number of hydrogen-bond donors (Lipinski definition) is 1. The number of methoxy groups -OCH3 is 2. The van der Waals surface area contributed by atoms with Gasteiger partial charge < -0.3 is 19.5 Å². The minimum atomic E-state index is -0.927. The second-order valence-electron chi connectivity index (χ2n) is 8.23. The molecule has 0 fully saturated rings. The summed E-state index contributed by atoms with van der Waals surface area (Å²) in [7, 11) is 2.82. The summed E-state index contributed by atoms with van der Waals surface area (Å²) < 4.78 is 16.0. The maximum absolute atomic E-state index is 13.6. The number of rotatable bonds is 5. The van der Waals surface area contributed by atoms with Crippen LogP contribution in [0.15, 0.2) is 46.8 Å². The van der Waals surface area contributed by atoms with Gasteiger partial charge in [0, 0.05) is 22.5 Å². The van der Waals surface area contributed by atoms with Crippen molar-refractivity contribution in [3.8, 4) is 5.75 Å². The Morgan fingerprint density at radius 2 is 1.84 bits per heavy atom. The van der Waals surface area contributed by atoms with Gasteiger partial charge >= 0.3 is 11.9 Å². The van der Waals surface area contributed by atoms with E-state index in [-0.39, 0.29) is 17.8 Å². The van der Waals surface area contributed by atoms with Gasteiger partial charge in [-0.2, -0.15) is 0 Å². The number of carbonyl (C=O) groups is 3. The second kappa shape index (κ2) is 8.96. The van der Waals surface area contributed by atoms with Gasteiger partial charge in [-0.15, -0.1) is 0 Å². The van der Waals surface area contributed by atoms with Gasteiger partial charge in [0.2, 0.25) is 0 Å². The van der Waals surface area contributed by atoms with Crippen molar-refractivity contribution in [3.05, 3.63) is 52.4 Å². The Kier molecular flexibility index (Phi) is 6.53. The molecule has 0 saturated carbocycles. The first-order valence-electron chi connectivity index (χ1n) is 10.4. The number of dihydropyridines is 1. The smallest absolute Gasteiger partial charge is 0.337 e. The fourth-order valence-electron chi connectivity index (χ4n) is 4.44. The first kappa shape index (κ1) is 22.6. The minimum absolute atomic E-state index is 0.235. The highest BCUT2D eigenvalue weighted by molar-refractivity contribution is 6.12. The predicted molar refractivity (Wildman–Crippen MR) is 114 cm³/mol. The maximum atomic E-state index is 13.6. The molecule has 2 aliphatic rings. The van der Waals surface area contributed by atoms with Crippen molar-refractivity contribution < 1.29 is 28.6 Å². The van der Waals surface area contributed by atoms with Crippen LogP contribution in [0.5, 0.6) is 5.75 Å². The lowest BCUT2D eigenvalue weighted by Crippen LogP contribution is -2.43. The van der Waals surface area contributed by atoms with Crippen LogP contribution in [0.3, 0.4) is 0 Å². The van der Waals surface area contributed by atoms with Crippen LogP contribution in [-0.2, 0) is 23.9 Å². The molecule has 0 saturated heterocycles. The summed E-state index contributed by atoms with van der Waals surface area (Å²) >= 11 is 0. The molecule has 0 aromatic heterocycles. The van der Waals surface area contributed by atoms with E-state index in [0.29, 0.717) is 40.3 Å². The molecular weight excluding hydrogens is 398 g/mol. The molecule has 1 aliphatic carbocycles. The topological polar surface area (TPSA) is 90.9 Å². The van der Waals surface area contributed by atoms with E-state index in [2.05, 4.69) is 5.32 Å². The quantitative estimate of drug-likeness (QED) is 0.570. The molecule has 0 amide bonds. The summed E-state index contributed by atoms with van der Waals surface area (Å²) in [6, 6.07) is 7.26. The van der Waals surface area contributed by atoms with Crippen molar-refractivity contribution in [1.82, 2.24) is 5.32 Å². The van der Waals surface area contributed by atoms with E-state index in [4.69, 9.17) is 14.2 Å². The van der Waals surface area contributed by atoms with Gasteiger partial charge in [0.1, 0.15) is 11.7 Å². The van der Waals surface area contributed by atoms with Gasteiger partial charge in [0.15, 0.2) is 5.78 Å². The lowest BCUT2D eigenvalue weighted by Gasteiger charge is -2.38. The zero-order valence-electron chi connectivity index (χ0n) is 18.8. The molecule has 1 heterocycles. The first-order valence-corrected chi connectivity index (χ1v) is 10.4. The lowest BCUT2D eigenvalue weighted by atomic mass is 9.69. The van der Waals surface area contributed by atoms with Crippen LogP contribution in [0.4, 0.5) is 0 Å². The third-order valence-corrected chi connectivity index (χ3v) is 5.76. The molecule has 0 radical (unpaired) electrons. The number of nitrogens with one attached hydrogen (secondary N) is 1. The zero-order chi connectivity index (χ0) is 22.9. The average molecular weight is 427 g/mol. The number of Topliss-reactive ketones (excluding diaryl/α,β-unsaturated/α-hetero) is 1. The predicted octanol–water partition coefficient (Wildman–Crippen LogP) is 3.26. The van der Waals surface area contributed by atoms with Gasteiger partial charge in [-0.3, -0.25) is 9.59 Å². The average Bonchev–Trinajstić information content (AvgIpc) is 2.71. The van der Waals surface area contributed by atoms with Gasteiger partial charge in [0.05, 0.1) is 31.8 Å². The van der Waals surface area contributed by atoms with Crippen molar-refractivity contribution in [2.45, 2.75) is 46.1 Å². The van der Waals surface area contributed by atoms with Gasteiger partial charge in [-0.25, -0.2) is 4.79 Å². The molecule has 0 bridgehead atoms. The van der Waals surface area contributed by atoms with Gasteiger partial charge in [-0.05, 0) is 39.2 Å². The monoisotopic (exact) mass is 427 g/mol. The van der Waals surface area contributed by atoms with Crippen molar-refractivity contribution in [2.24, 2.45) is 11.8 Å². The Labute approximate surface area is 182 Å². The molecule has 1 N–H and O–H groups in total. The first-order chi connectivity index (χ1) is 14.7. The van der Waals surface area contributed by atoms with E-state index in [9.17, 15) is 14.4 Å². The number of esters is 2. The molecule has 1 aromatic rings. The van der Waals surface area contributed by atoms with Crippen molar-refractivity contribution in [3.63, 3.8) is 0 Å². The van der Waals surface area contributed by atoms with Crippen LogP contribution >= 0.6 is 0 Å². The Bertz CT molecular complexity index is 974. The highest BCUT2D eigenvalue weighted by atomic mass is 16.5. The van der Waals surface area contributed by atoms with Crippen LogP contribution in [0.2, 0.25) is 0 Å². The fourth-order valence-corrected chi connectivity index (χ4v) is 4.44. The standard InChI is InChI=1S/C24H29NO6/c1-12(2)31-24(28)19-14(4)25-16-11-13(3)18(23(27)30-6)22(26)21(16)20(19)15-9-7-8-10-17(15)29-5/h7-10,12-13,18,20,25H,11H2,1-6H3/t13-,18-,20+/m0/s1. The van der Waals surface area contributed by atoms with Crippen LogP contribution in [-0.4, -0.2) is 38.0 Å². The second-order valence-corrected chi connectivity index (χ2v) is 8.23. The summed E-state index contributed by atoms with van der Waals surface area (Å²) in [5.74, 6) is -2.75. The molecule has 31 heavy (non-hydrogen) atoms. The third kappa shape index (κ3) is 4.09. The summed E-state index contributed by atoms with van der Waals surface area (Å²) in [6.45, 7) is 7.19. The Morgan fingerprint density at radius 3 is 2.45 bits per heavy atom. The summed E-state index contributed by atoms with van der Waals surface area (Å²) in [5.41, 5.74) is 2.73. The van der Waals surface area contributed by atoms with Crippen LogP contribution in [0.25, 0.3) is 0 Å². The molecule has 7 nitrogen and oxygen atoms in total. The normalized spacial score (nSPS) is 23.3. The van der Waals surface area contributed by atoms with Crippen LogP contribution in [0, 0.1) is 11.8 Å². The van der Waals surface area contributed by atoms with Crippen LogP contribution in [0.1, 0.15) is 45.6 Å². The number of allylic oxidation sites excluding steroid dienone is 3. The van der Waals surface area contributed by atoms with E-state index >= 15 is 0 Å². The molecular formula is C24H29NO6. The molecule has 1 aromatic carbocycles. The summed E-state index contributed by atoms with van der Waals surface area (Å²) in [5, 5.41) is 3.24. The molecule has 166 valence electrons. The zero-order valence-corrected chi connectivity index (χ0v) is 18.8. The fraction of sp³-hybridized carbons (Fsp3) is 0.458. The maximum Gasteiger partial charge on any atom is 0.337 e. The molecule has 1 aliphatic heterocycles. The van der Waals surface area contributed by atoms with Crippen molar-refractivity contribution >= 4 is 17.7 Å². The highest BCUT2D eigenvalue weighted by Crippen LogP contribution is 2.47. The number of para-hydroxylation sites is 1. The van der Waals surface area contributed by atoms with E-state index in [1.165, 1.54) is 7.11 Å². The highest BCUT2D eigenvalue weighted by Gasteiger charge is 2.47. The van der Waals surface area contributed by atoms with E-state index in [0.717, 1.165) is 0 Å². The minimum Gasteiger partial charge on any atom is -0.496 e. The van der Waals surface area contributed by atoms with Crippen molar-refractivity contribution in [2.75, 3.05) is 14.2 Å². The Balaban J connectivity index is 2.23. The largest absolute Gasteiger partial charge is 0.496 e. The Hall–Kier alpha value is -3.09. The van der Waals surface area contributed by atoms with Crippen LogP contribution < -0.4 is 10.1 Å². The molecule has 3 rings (SSSR count). The summed E-state index contributed by atoms with van der Waals surface area (Å²) in [4.78, 5) is 39.2. The van der Waals surface area contributed by atoms with Gasteiger partial charge in [-0.1, -0.05) is 25.1 Å². The SMILES string of the molecule is COC(=O)[C@@H]1C(=O)C2=C(C[C@@H]1C)NC(C)=C(C(=O)OC(C)C)[C@H]2c1ccccc1OC. The van der Waals surface area contributed by atoms with Gasteiger partial charge in [0.25, 0.3) is 0 Å². The van der Waals surface area contributed by atoms with E-state index in [1.54, 1.807) is 33.9 Å². The number of benzene rings is 1. The molecule has 7 heteroatoms. The lowest BCUT2D eigenvalue weighted by molar-refractivity contribution is -0.151. The molecule has 0 spiro atoms. The number of ketones is 1. The molecule has 3 atom stereocenters. The third-order valence-electron chi connectivity index (χ3n) is 5.76. The van der Waals surface area contributed by atoms with Crippen molar-refractivity contribution in [1.29, 1.82) is 0 Å². The summed E-state index contributed by atoms with van der Waals surface area (Å²) in [6.07, 6.45) is 0.155. The number of ether oxygens (including phenoxy) is 3. The van der Waals surface area contributed by atoms with E-state index < -0.39 is 23.8 Å². The Morgan fingerprint density at radius 1 is 1.16 bits per heavy atom. The number of carbonyl (C=O) groups excluding carboxylic acids is 3.